The Labute approximate surface area is 47.1 Å². The lowest BCUT2D eigenvalue weighted by atomic mass is 10.4. The summed E-state index contributed by atoms with van der Waals surface area (Å²) in [6.45, 7) is 0. The maximum atomic E-state index is 9.36. The summed E-state index contributed by atoms with van der Waals surface area (Å²) in [5.41, 5.74) is 0. The van der Waals surface area contributed by atoms with E-state index in [1.165, 1.54) is 0 Å². The van der Waals surface area contributed by atoms with Crippen LogP contribution >= 0.6 is 0 Å². The van der Waals surface area contributed by atoms with Crippen LogP contribution in [0.25, 0.3) is 0 Å². The summed E-state index contributed by atoms with van der Waals surface area (Å²) >= 11 is 0. The van der Waals surface area contributed by atoms with Crippen molar-refractivity contribution in [2.75, 3.05) is 0 Å². The summed E-state index contributed by atoms with van der Waals surface area (Å²) in [5, 5.41) is 26.6. The summed E-state index contributed by atoms with van der Waals surface area (Å²) in [6, 6.07) is 0. The highest BCUT2D eigenvalue weighted by atomic mass is 16.4. The molecule has 0 aromatic rings. The van der Waals surface area contributed by atoms with Gasteiger partial charge in [-0.15, -0.1) is 0 Å². The van der Waals surface area contributed by atoms with E-state index in [9.17, 15) is 19.8 Å². The third-order valence-electron chi connectivity index (χ3n) is 0.447. The van der Waals surface area contributed by atoms with E-state index in [0.29, 0.717) is 0 Å². The fourth-order valence-electron chi connectivity index (χ4n) is 0.0962. The number of rotatable bonds is 2. The first-order valence-corrected chi connectivity index (χ1v) is 1.65. The largest absolute Gasteiger partial charge is 1.00 e. The van der Waals surface area contributed by atoms with Gasteiger partial charge in [0.1, 0.15) is 6.10 Å². The van der Waals surface area contributed by atoms with Crippen LogP contribution in [0.1, 0.15) is 2.85 Å². The van der Waals surface area contributed by atoms with Gasteiger partial charge in [0.05, 0.1) is 11.9 Å². The second-order valence-corrected chi connectivity index (χ2v) is 1.04. The molecular weight excluding hydrogens is 116 g/mol. The van der Waals surface area contributed by atoms with Crippen molar-refractivity contribution in [3.05, 3.63) is 0 Å². The first kappa shape index (κ1) is 6.90. The minimum Gasteiger partial charge on any atom is -0.547 e. The van der Waals surface area contributed by atoms with Crippen LogP contribution in [0.5, 0.6) is 0 Å². The van der Waals surface area contributed by atoms with Gasteiger partial charge in [0.15, 0.2) is 0 Å². The van der Waals surface area contributed by atoms with Gasteiger partial charge >= 0.3 is 2.85 Å². The SMILES string of the molecule is O=C([O-])C(O)C(=O)[O-].[H+].[H+]. The zero-order valence-electron chi connectivity index (χ0n) is 5.66. The summed E-state index contributed by atoms with van der Waals surface area (Å²) in [7, 11) is 0. The van der Waals surface area contributed by atoms with Gasteiger partial charge in [-0.25, -0.2) is 0 Å². The standard InChI is InChI=1S/C3H4O5/c4-1(2(5)6)3(7)8/h1,4H,(H,5,6)(H,7,8). The fraction of sp³-hybridized carbons (Fsp3) is 0.333. The van der Waals surface area contributed by atoms with Gasteiger partial charge < -0.3 is 24.9 Å². The molecule has 46 valence electrons. The molecule has 0 atom stereocenters. The Hall–Kier alpha value is -1.10. The molecule has 0 heterocycles. The average molecular weight is 120 g/mol. The number of carbonyl (C=O) groups excluding carboxylic acids is 2. The molecule has 0 fully saturated rings. The van der Waals surface area contributed by atoms with Crippen molar-refractivity contribution in [1.82, 2.24) is 0 Å². The Morgan fingerprint density at radius 1 is 1.38 bits per heavy atom. The Kier molecular flexibility index (Phi) is 1.96. The van der Waals surface area contributed by atoms with E-state index >= 15 is 0 Å². The Morgan fingerprint density at radius 2 is 1.62 bits per heavy atom. The van der Waals surface area contributed by atoms with Crippen molar-refractivity contribution in [1.29, 1.82) is 0 Å². The van der Waals surface area contributed by atoms with Crippen LogP contribution in [-0.4, -0.2) is 23.1 Å². The summed E-state index contributed by atoms with van der Waals surface area (Å²) < 4.78 is 0. The quantitative estimate of drug-likeness (QED) is 0.375. The zero-order chi connectivity index (χ0) is 6.73. The molecule has 1 N–H and O–H groups in total. The molecule has 0 aliphatic heterocycles. The maximum absolute atomic E-state index is 9.36. The van der Waals surface area contributed by atoms with E-state index in [4.69, 9.17) is 5.11 Å². The predicted octanol–water partition coefficient (Wildman–Crippen LogP) is -3.93. The molecule has 0 aliphatic rings. The second kappa shape index (κ2) is 2.27. The van der Waals surface area contributed by atoms with Crippen molar-refractivity contribution < 1.29 is 27.8 Å². The van der Waals surface area contributed by atoms with Gasteiger partial charge in [-0.1, -0.05) is 0 Å². The first-order valence-electron chi connectivity index (χ1n) is 1.65. The Bertz CT molecular complexity index is 110. The number of aliphatic hydroxyl groups is 1. The zero-order valence-corrected chi connectivity index (χ0v) is 3.66. The molecule has 0 spiro atoms. The number of aliphatic hydroxyl groups excluding tert-OH is 1. The average Bonchev–Trinajstić information content (AvgIpc) is 1.64. The Morgan fingerprint density at radius 3 is 1.62 bits per heavy atom. The normalized spacial score (nSPS) is 9.25. The summed E-state index contributed by atoms with van der Waals surface area (Å²) in [5.74, 6) is -4.13. The number of carboxylic acid groups (broad SMARTS) is 2. The van der Waals surface area contributed by atoms with E-state index < -0.39 is 18.0 Å². The van der Waals surface area contributed by atoms with E-state index in [2.05, 4.69) is 0 Å². The van der Waals surface area contributed by atoms with Crippen molar-refractivity contribution in [3.8, 4) is 0 Å². The third-order valence-corrected chi connectivity index (χ3v) is 0.447. The van der Waals surface area contributed by atoms with Crippen LogP contribution in [0.2, 0.25) is 0 Å². The molecular formula is C3H4O5. The van der Waals surface area contributed by atoms with Crippen LogP contribution in [0.3, 0.4) is 0 Å². The molecule has 0 radical (unpaired) electrons. The molecule has 0 unspecified atom stereocenters. The highest BCUT2D eigenvalue weighted by Gasteiger charge is 2.02. The highest BCUT2D eigenvalue weighted by Crippen LogP contribution is 1.72. The van der Waals surface area contributed by atoms with Crippen molar-refractivity contribution in [2.24, 2.45) is 0 Å². The van der Waals surface area contributed by atoms with E-state index in [1.807, 2.05) is 0 Å². The van der Waals surface area contributed by atoms with Gasteiger partial charge in [-0.3, -0.25) is 0 Å². The van der Waals surface area contributed by atoms with Crippen molar-refractivity contribution in [2.45, 2.75) is 6.10 Å². The molecule has 0 aliphatic carbocycles. The number of aliphatic carboxylic acids is 2. The minimum absolute atomic E-state index is 0. The Balaban J connectivity index is -0.000000245. The molecule has 0 aromatic heterocycles. The van der Waals surface area contributed by atoms with Gasteiger partial charge in [-0.2, -0.15) is 0 Å². The van der Waals surface area contributed by atoms with E-state index in [1.54, 1.807) is 0 Å². The van der Waals surface area contributed by atoms with Gasteiger partial charge in [0.25, 0.3) is 0 Å². The van der Waals surface area contributed by atoms with E-state index in [0.717, 1.165) is 0 Å². The minimum atomic E-state index is -2.52. The van der Waals surface area contributed by atoms with Crippen LogP contribution < -0.4 is 10.2 Å². The van der Waals surface area contributed by atoms with Crippen molar-refractivity contribution in [3.63, 3.8) is 0 Å². The number of hydrogen-bond donors (Lipinski definition) is 1. The molecule has 0 saturated heterocycles. The van der Waals surface area contributed by atoms with Crippen LogP contribution in [0, 0.1) is 0 Å². The molecule has 0 amide bonds. The molecule has 0 saturated carbocycles. The fourth-order valence-corrected chi connectivity index (χ4v) is 0.0962. The lowest BCUT2D eigenvalue weighted by Gasteiger charge is -2.10. The molecule has 0 rings (SSSR count). The summed E-state index contributed by atoms with van der Waals surface area (Å²) in [4.78, 5) is 18.7. The van der Waals surface area contributed by atoms with Crippen LogP contribution in [0.4, 0.5) is 0 Å². The molecule has 8 heavy (non-hydrogen) atoms. The molecule has 0 aromatic carbocycles. The monoisotopic (exact) mass is 120 g/mol. The highest BCUT2D eigenvalue weighted by molar-refractivity contribution is 5.93. The van der Waals surface area contributed by atoms with Crippen LogP contribution in [-0.2, 0) is 9.59 Å². The van der Waals surface area contributed by atoms with Gasteiger partial charge in [-0.05, 0) is 0 Å². The van der Waals surface area contributed by atoms with Crippen LogP contribution in [0.15, 0.2) is 0 Å². The number of carboxylic acids is 2. The van der Waals surface area contributed by atoms with Gasteiger partial charge in [0, 0.05) is 0 Å². The molecule has 5 nitrogen and oxygen atoms in total. The lowest BCUT2D eigenvalue weighted by molar-refractivity contribution is -0.336. The smallest absolute Gasteiger partial charge is 0.547 e. The first-order chi connectivity index (χ1) is 3.55. The molecule has 0 bridgehead atoms. The maximum Gasteiger partial charge on any atom is 1.00 e. The second-order valence-electron chi connectivity index (χ2n) is 1.04. The number of hydrogen-bond acceptors (Lipinski definition) is 5. The molecule has 5 heteroatoms. The topological polar surface area (TPSA) is 100 Å². The predicted molar refractivity (Wildman–Crippen MR) is 18.2 cm³/mol. The van der Waals surface area contributed by atoms with Crippen molar-refractivity contribution >= 4 is 11.9 Å². The summed E-state index contributed by atoms with van der Waals surface area (Å²) in [6.07, 6.45) is -2.52. The van der Waals surface area contributed by atoms with Gasteiger partial charge in [0.2, 0.25) is 0 Å². The number of carbonyl (C=O) groups is 2. The third kappa shape index (κ3) is 1.57. The van der Waals surface area contributed by atoms with E-state index in [-0.39, 0.29) is 2.85 Å². The lowest BCUT2D eigenvalue weighted by Crippen LogP contribution is -2.47.